The standard InChI is InChI=1S/C17H28O6/c1-3-20-16(18)14(17(19)21-4-2)10-6-5-8-12-22-15-11-7-9-13-23-15/h10,15H,3-9,11-13H2,1-2H3. The fraction of sp³-hybridized carbons (Fsp3) is 0.765. The van der Waals surface area contributed by atoms with E-state index in [0.717, 1.165) is 38.7 Å². The minimum atomic E-state index is -0.627. The highest BCUT2D eigenvalue weighted by molar-refractivity contribution is 6.14. The maximum absolute atomic E-state index is 11.8. The third-order valence-corrected chi connectivity index (χ3v) is 3.38. The van der Waals surface area contributed by atoms with Crippen molar-refractivity contribution in [2.24, 2.45) is 0 Å². The van der Waals surface area contributed by atoms with Gasteiger partial charge in [-0.15, -0.1) is 0 Å². The summed E-state index contributed by atoms with van der Waals surface area (Å²) in [6.07, 6.45) is 6.98. The number of rotatable bonds is 10. The number of carbonyl (C=O) groups is 2. The van der Waals surface area contributed by atoms with Crippen LogP contribution in [-0.2, 0) is 28.5 Å². The van der Waals surface area contributed by atoms with Gasteiger partial charge >= 0.3 is 11.9 Å². The van der Waals surface area contributed by atoms with Crippen LogP contribution in [0.15, 0.2) is 11.6 Å². The number of ether oxygens (including phenoxy) is 4. The lowest BCUT2D eigenvalue weighted by Crippen LogP contribution is -2.22. The quantitative estimate of drug-likeness (QED) is 0.202. The predicted octanol–water partition coefficient (Wildman–Crippen LogP) is 2.75. The molecule has 132 valence electrons. The fourth-order valence-corrected chi connectivity index (χ4v) is 2.22. The van der Waals surface area contributed by atoms with Crippen molar-refractivity contribution >= 4 is 11.9 Å². The van der Waals surface area contributed by atoms with E-state index in [4.69, 9.17) is 18.9 Å². The van der Waals surface area contributed by atoms with E-state index >= 15 is 0 Å². The summed E-state index contributed by atoms with van der Waals surface area (Å²) in [4.78, 5) is 23.5. The molecule has 1 saturated heterocycles. The van der Waals surface area contributed by atoms with Gasteiger partial charge in [-0.25, -0.2) is 9.59 Å². The van der Waals surface area contributed by atoms with Gasteiger partial charge in [0.2, 0.25) is 0 Å². The number of esters is 2. The maximum atomic E-state index is 11.8. The Morgan fingerprint density at radius 2 is 1.78 bits per heavy atom. The number of hydrogen-bond donors (Lipinski definition) is 0. The van der Waals surface area contributed by atoms with Gasteiger partial charge in [-0.2, -0.15) is 0 Å². The molecule has 0 bridgehead atoms. The van der Waals surface area contributed by atoms with Crippen LogP contribution in [0.3, 0.4) is 0 Å². The smallest absolute Gasteiger partial charge is 0.345 e. The second-order valence-electron chi connectivity index (χ2n) is 5.22. The van der Waals surface area contributed by atoms with Crippen molar-refractivity contribution in [3.05, 3.63) is 11.6 Å². The van der Waals surface area contributed by atoms with Gasteiger partial charge in [0.05, 0.1) is 13.2 Å². The maximum Gasteiger partial charge on any atom is 0.345 e. The first kappa shape index (κ1) is 19.6. The van der Waals surface area contributed by atoms with Crippen molar-refractivity contribution < 1.29 is 28.5 Å². The summed E-state index contributed by atoms with van der Waals surface area (Å²) in [5.41, 5.74) is -0.0229. The Balaban J connectivity index is 2.29. The molecule has 1 unspecified atom stereocenters. The summed E-state index contributed by atoms with van der Waals surface area (Å²) in [6.45, 7) is 5.24. The number of carbonyl (C=O) groups excluding carboxylic acids is 2. The third kappa shape index (κ3) is 8.13. The molecule has 0 aromatic heterocycles. The van der Waals surface area contributed by atoms with Crippen molar-refractivity contribution in [3.8, 4) is 0 Å². The van der Waals surface area contributed by atoms with Gasteiger partial charge in [0.25, 0.3) is 0 Å². The topological polar surface area (TPSA) is 71.1 Å². The summed E-state index contributed by atoms with van der Waals surface area (Å²) >= 11 is 0. The lowest BCUT2D eigenvalue weighted by atomic mass is 10.1. The molecular formula is C17H28O6. The molecule has 0 N–H and O–H groups in total. The van der Waals surface area contributed by atoms with E-state index in [1.165, 1.54) is 0 Å². The zero-order valence-electron chi connectivity index (χ0n) is 14.2. The molecule has 6 heteroatoms. The molecule has 0 amide bonds. The summed E-state index contributed by atoms with van der Waals surface area (Å²) < 4.78 is 20.9. The molecule has 1 aliphatic rings. The molecule has 0 radical (unpaired) electrons. The molecule has 0 aromatic carbocycles. The van der Waals surface area contributed by atoms with E-state index in [2.05, 4.69) is 0 Å². The van der Waals surface area contributed by atoms with E-state index in [0.29, 0.717) is 13.0 Å². The Kier molecular flexibility index (Phi) is 10.3. The molecule has 1 rings (SSSR count). The average molecular weight is 328 g/mol. The van der Waals surface area contributed by atoms with Crippen LogP contribution >= 0.6 is 0 Å². The number of allylic oxidation sites excluding steroid dienone is 1. The van der Waals surface area contributed by atoms with E-state index in [1.807, 2.05) is 0 Å². The molecule has 0 aromatic rings. The Morgan fingerprint density at radius 3 is 2.35 bits per heavy atom. The monoisotopic (exact) mass is 328 g/mol. The van der Waals surface area contributed by atoms with Gasteiger partial charge in [0.1, 0.15) is 5.57 Å². The molecule has 0 spiro atoms. The zero-order chi connectivity index (χ0) is 16.9. The van der Waals surface area contributed by atoms with Crippen LogP contribution in [0.2, 0.25) is 0 Å². The molecule has 6 nitrogen and oxygen atoms in total. The van der Waals surface area contributed by atoms with Gasteiger partial charge in [-0.05, 0) is 52.4 Å². The summed E-state index contributed by atoms with van der Waals surface area (Å²) in [5.74, 6) is -1.25. The van der Waals surface area contributed by atoms with Crippen molar-refractivity contribution in [1.82, 2.24) is 0 Å². The molecular weight excluding hydrogens is 300 g/mol. The SMILES string of the molecule is CCOC(=O)C(=CCCCCOC1CCCCO1)C(=O)OCC. The van der Waals surface area contributed by atoms with E-state index in [1.54, 1.807) is 19.9 Å². The first-order valence-electron chi connectivity index (χ1n) is 8.46. The summed E-state index contributed by atoms with van der Waals surface area (Å²) in [6, 6.07) is 0. The largest absolute Gasteiger partial charge is 0.462 e. The Morgan fingerprint density at radius 1 is 1.09 bits per heavy atom. The van der Waals surface area contributed by atoms with E-state index in [-0.39, 0.29) is 25.1 Å². The highest BCUT2D eigenvalue weighted by Gasteiger charge is 2.20. The van der Waals surface area contributed by atoms with Crippen molar-refractivity contribution in [2.75, 3.05) is 26.4 Å². The predicted molar refractivity (Wildman–Crippen MR) is 84.7 cm³/mol. The average Bonchev–Trinajstić information content (AvgIpc) is 2.55. The Hall–Kier alpha value is -1.40. The molecule has 1 aliphatic heterocycles. The molecule has 1 heterocycles. The molecule has 1 fully saturated rings. The second-order valence-corrected chi connectivity index (χ2v) is 5.22. The van der Waals surface area contributed by atoms with E-state index < -0.39 is 11.9 Å². The first-order chi connectivity index (χ1) is 11.2. The highest BCUT2D eigenvalue weighted by Crippen LogP contribution is 2.14. The lowest BCUT2D eigenvalue weighted by molar-refractivity contribution is -0.162. The van der Waals surface area contributed by atoms with Gasteiger partial charge in [-0.1, -0.05) is 6.08 Å². The van der Waals surface area contributed by atoms with Gasteiger partial charge < -0.3 is 18.9 Å². The zero-order valence-corrected chi connectivity index (χ0v) is 14.2. The van der Waals surface area contributed by atoms with Crippen LogP contribution in [0.1, 0.15) is 52.4 Å². The fourth-order valence-electron chi connectivity index (χ4n) is 2.22. The van der Waals surface area contributed by atoms with Gasteiger partial charge in [0, 0.05) is 13.2 Å². The van der Waals surface area contributed by atoms with E-state index in [9.17, 15) is 9.59 Å². The van der Waals surface area contributed by atoms with Crippen LogP contribution in [0.25, 0.3) is 0 Å². The Bertz CT molecular complexity index is 365. The molecule has 23 heavy (non-hydrogen) atoms. The van der Waals surface area contributed by atoms with Crippen LogP contribution in [-0.4, -0.2) is 44.7 Å². The third-order valence-electron chi connectivity index (χ3n) is 3.38. The van der Waals surface area contributed by atoms with Gasteiger partial charge in [0.15, 0.2) is 6.29 Å². The number of hydrogen-bond acceptors (Lipinski definition) is 6. The van der Waals surface area contributed by atoms with Gasteiger partial charge in [-0.3, -0.25) is 0 Å². The highest BCUT2D eigenvalue weighted by atomic mass is 16.7. The van der Waals surface area contributed by atoms with Crippen LogP contribution < -0.4 is 0 Å². The van der Waals surface area contributed by atoms with Crippen molar-refractivity contribution in [1.29, 1.82) is 0 Å². The first-order valence-corrected chi connectivity index (χ1v) is 8.46. The van der Waals surface area contributed by atoms with Crippen molar-refractivity contribution in [2.45, 2.75) is 58.7 Å². The van der Waals surface area contributed by atoms with Crippen molar-refractivity contribution in [3.63, 3.8) is 0 Å². The molecule has 0 aliphatic carbocycles. The molecule has 0 saturated carbocycles. The Labute approximate surface area is 138 Å². The minimum absolute atomic E-state index is 0.0229. The summed E-state index contributed by atoms with van der Waals surface area (Å²) in [7, 11) is 0. The molecule has 1 atom stereocenters. The normalized spacial score (nSPS) is 17.4. The summed E-state index contributed by atoms with van der Waals surface area (Å²) in [5, 5.41) is 0. The van der Waals surface area contributed by atoms with Crippen LogP contribution in [0.5, 0.6) is 0 Å². The van der Waals surface area contributed by atoms with Crippen LogP contribution in [0, 0.1) is 0 Å². The number of unbranched alkanes of at least 4 members (excludes halogenated alkanes) is 2. The van der Waals surface area contributed by atoms with Crippen LogP contribution in [0.4, 0.5) is 0 Å². The lowest BCUT2D eigenvalue weighted by Gasteiger charge is -2.22. The minimum Gasteiger partial charge on any atom is -0.462 e. The second kappa shape index (κ2) is 12.1.